The fraction of sp³-hybridized carbons (Fsp3) is 0.750. The zero-order chi connectivity index (χ0) is 11.2. The Bertz CT molecular complexity index is 306. The minimum absolute atomic E-state index is 0.754. The molecule has 0 bridgehead atoms. The van der Waals surface area contributed by atoms with Crippen LogP contribution in [0.5, 0.6) is 0 Å². The average molecular weight is 256 g/mol. The minimum Gasteiger partial charge on any atom is -0.320 e. The van der Waals surface area contributed by atoms with Gasteiger partial charge in [0.2, 0.25) is 0 Å². The summed E-state index contributed by atoms with van der Waals surface area (Å²) in [7, 11) is 2.01. The van der Waals surface area contributed by atoms with Crippen LogP contribution in [0.2, 0.25) is 0 Å². The highest BCUT2D eigenvalue weighted by molar-refractivity contribution is 7.99. The van der Waals surface area contributed by atoms with E-state index in [9.17, 15) is 0 Å². The monoisotopic (exact) mass is 256 g/mol. The molecule has 1 saturated heterocycles. The number of aromatic nitrogens is 1. The number of nitrogens with one attached hydrogen (secondary N) is 1. The first-order valence-corrected chi connectivity index (χ1v) is 8.04. The van der Waals surface area contributed by atoms with Gasteiger partial charge in [0.15, 0.2) is 0 Å². The lowest BCUT2D eigenvalue weighted by Crippen LogP contribution is -2.08. The third kappa shape index (κ3) is 3.47. The van der Waals surface area contributed by atoms with Crippen molar-refractivity contribution in [1.82, 2.24) is 10.3 Å². The van der Waals surface area contributed by atoms with Crippen LogP contribution >= 0.6 is 23.1 Å². The summed E-state index contributed by atoms with van der Waals surface area (Å²) in [4.78, 5) is 6.07. The Kier molecular flexibility index (Phi) is 5.13. The van der Waals surface area contributed by atoms with Crippen LogP contribution in [0.3, 0.4) is 0 Å². The molecular weight excluding hydrogens is 236 g/mol. The third-order valence-electron chi connectivity index (χ3n) is 2.99. The molecule has 1 aromatic rings. The average Bonchev–Trinajstić information content (AvgIpc) is 2.79. The van der Waals surface area contributed by atoms with Crippen LogP contribution in [0.4, 0.5) is 0 Å². The first-order chi connectivity index (χ1) is 7.90. The molecule has 0 unspecified atom stereocenters. The van der Waals surface area contributed by atoms with E-state index in [4.69, 9.17) is 0 Å². The van der Waals surface area contributed by atoms with Crippen molar-refractivity contribution in [2.45, 2.75) is 31.6 Å². The van der Waals surface area contributed by atoms with E-state index in [2.05, 4.69) is 28.3 Å². The summed E-state index contributed by atoms with van der Waals surface area (Å²) < 4.78 is 0. The number of thioether (sulfide) groups is 1. The highest BCUT2D eigenvalue weighted by Crippen LogP contribution is 2.33. The van der Waals surface area contributed by atoms with Gasteiger partial charge in [-0.25, -0.2) is 4.98 Å². The predicted molar refractivity (Wildman–Crippen MR) is 73.7 cm³/mol. The standard InChI is InChI=1S/C12H20N2S2/c1-13-6-2-3-11-9-14-12(16-11)10-4-7-15-8-5-10/h9-10,13H,2-8H2,1H3. The van der Waals surface area contributed by atoms with Crippen LogP contribution in [0, 0.1) is 0 Å². The maximum atomic E-state index is 4.61. The molecule has 1 aliphatic heterocycles. The maximum Gasteiger partial charge on any atom is 0.0959 e. The largest absolute Gasteiger partial charge is 0.320 e. The summed E-state index contributed by atoms with van der Waals surface area (Å²) in [5.41, 5.74) is 0. The SMILES string of the molecule is CNCCCc1cnc(C2CCSCC2)s1. The van der Waals surface area contributed by atoms with Crippen LogP contribution in [0.1, 0.15) is 35.1 Å². The van der Waals surface area contributed by atoms with E-state index in [0.29, 0.717) is 0 Å². The molecule has 2 rings (SSSR count). The highest BCUT2D eigenvalue weighted by atomic mass is 32.2. The van der Waals surface area contributed by atoms with E-state index < -0.39 is 0 Å². The summed E-state index contributed by atoms with van der Waals surface area (Å²) >= 11 is 4.03. The van der Waals surface area contributed by atoms with Gasteiger partial charge in [0.05, 0.1) is 5.01 Å². The van der Waals surface area contributed by atoms with Crippen molar-refractivity contribution in [3.05, 3.63) is 16.1 Å². The van der Waals surface area contributed by atoms with Crippen molar-refractivity contribution in [1.29, 1.82) is 0 Å². The van der Waals surface area contributed by atoms with E-state index in [0.717, 1.165) is 12.5 Å². The molecule has 0 atom stereocenters. The van der Waals surface area contributed by atoms with Gasteiger partial charge in [0, 0.05) is 17.0 Å². The van der Waals surface area contributed by atoms with Gasteiger partial charge in [-0.15, -0.1) is 11.3 Å². The molecule has 0 spiro atoms. The molecule has 2 nitrogen and oxygen atoms in total. The number of nitrogens with zero attached hydrogens (tertiary/aromatic N) is 1. The Hall–Kier alpha value is -0.0600. The zero-order valence-corrected chi connectivity index (χ0v) is 11.5. The molecule has 1 fully saturated rings. The van der Waals surface area contributed by atoms with Gasteiger partial charge < -0.3 is 5.32 Å². The normalized spacial score (nSPS) is 17.8. The van der Waals surface area contributed by atoms with Gasteiger partial charge in [-0.05, 0) is 50.8 Å². The quantitative estimate of drug-likeness (QED) is 0.820. The topological polar surface area (TPSA) is 24.9 Å². The minimum atomic E-state index is 0.754. The lowest BCUT2D eigenvalue weighted by atomic mass is 10.0. The molecule has 4 heteroatoms. The molecule has 0 aromatic carbocycles. The Morgan fingerprint density at radius 2 is 2.25 bits per heavy atom. The van der Waals surface area contributed by atoms with Gasteiger partial charge in [-0.2, -0.15) is 11.8 Å². The first-order valence-electron chi connectivity index (χ1n) is 6.07. The van der Waals surface area contributed by atoms with Gasteiger partial charge in [-0.1, -0.05) is 0 Å². The van der Waals surface area contributed by atoms with Gasteiger partial charge in [-0.3, -0.25) is 0 Å². The molecule has 0 aliphatic carbocycles. The Labute approximate surface area is 106 Å². The molecule has 90 valence electrons. The molecule has 0 saturated carbocycles. The van der Waals surface area contributed by atoms with Crippen LogP contribution in [-0.4, -0.2) is 30.1 Å². The van der Waals surface area contributed by atoms with Crippen molar-refractivity contribution >= 4 is 23.1 Å². The lowest BCUT2D eigenvalue weighted by molar-refractivity contribution is 0.633. The number of aryl methyl sites for hydroxylation is 1. The molecular formula is C12H20N2S2. The molecule has 1 aromatic heterocycles. The second kappa shape index (κ2) is 6.62. The van der Waals surface area contributed by atoms with E-state index in [1.165, 1.54) is 47.1 Å². The Morgan fingerprint density at radius 1 is 1.44 bits per heavy atom. The first kappa shape index (κ1) is 12.4. The number of rotatable bonds is 5. The zero-order valence-electron chi connectivity index (χ0n) is 9.87. The van der Waals surface area contributed by atoms with Gasteiger partial charge >= 0.3 is 0 Å². The maximum absolute atomic E-state index is 4.61. The second-order valence-corrected chi connectivity index (χ2v) is 6.63. The van der Waals surface area contributed by atoms with Crippen molar-refractivity contribution in [3.63, 3.8) is 0 Å². The van der Waals surface area contributed by atoms with Crippen molar-refractivity contribution in [2.24, 2.45) is 0 Å². The van der Waals surface area contributed by atoms with E-state index in [1.54, 1.807) is 0 Å². The molecule has 16 heavy (non-hydrogen) atoms. The lowest BCUT2D eigenvalue weighted by Gasteiger charge is -2.18. The Balaban J connectivity index is 1.85. The van der Waals surface area contributed by atoms with Gasteiger partial charge in [0.1, 0.15) is 0 Å². The number of hydrogen-bond acceptors (Lipinski definition) is 4. The number of hydrogen-bond donors (Lipinski definition) is 1. The smallest absolute Gasteiger partial charge is 0.0959 e. The van der Waals surface area contributed by atoms with Crippen LogP contribution in [-0.2, 0) is 6.42 Å². The Morgan fingerprint density at radius 3 is 3.00 bits per heavy atom. The molecule has 1 N–H and O–H groups in total. The summed E-state index contributed by atoms with van der Waals surface area (Å²) in [5.74, 6) is 3.39. The second-order valence-electron chi connectivity index (χ2n) is 4.26. The summed E-state index contributed by atoms with van der Waals surface area (Å²) in [6.45, 7) is 1.10. The summed E-state index contributed by atoms with van der Waals surface area (Å²) in [6, 6.07) is 0. The molecule has 2 heterocycles. The van der Waals surface area contributed by atoms with Crippen LogP contribution in [0.25, 0.3) is 0 Å². The van der Waals surface area contributed by atoms with Gasteiger partial charge in [0.25, 0.3) is 0 Å². The van der Waals surface area contributed by atoms with Crippen molar-refractivity contribution in [2.75, 3.05) is 25.1 Å². The predicted octanol–water partition coefficient (Wildman–Crippen LogP) is 2.91. The molecule has 0 amide bonds. The third-order valence-corrected chi connectivity index (χ3v) is 5.26. The van der Waals surface area contributed by atoms with Crippen LogP contribution < -0.4 is 5.32 Å². The van der Waals surface area contributed by atoms with E-state index >= 15 is 0 Å². The van der Waals surface area contributed by atoms with Crippen LogP contribution in [0.15, 0.2) is 6.20 Å². The summed E-state index contributed by atoms with van der Waals surface area (Å²) in [6.07, 6.45) is 7.15. The van der Waals surface area contributed by atoms with Crippen molar-refractivity contribution < 1.29 is 0 Å². The highest BCUT2D eigenvalue weighted by Gasteiger charge is 2.18. The fourth-order valence-corrected chi connectivity index (χ4v) is 4.25. The van der Waals surface area contributed by atoms with Crippen molar-refractivity contribution in [3.8, 4) is 0 Å². The summed E-state index contributed by atoms with van der Waals surface area (Å²) in [5, 5.41) is 4.58. The molecule has 0 radical (unpaired) electrons. The number of thiazole rings is 1. The van der Waals surface area contributed by atoms with E-state index in [1.807, 2.05) is 18.4 Å². The van der Waals surface area contributed by atoms with E-state index in [-0.39, 0.29) is 0 Å². The fourth-order valence-electron chi connectivity index (χ4n) is 2.01. The molecule has 1 aliphatic rings.